The van der Waals surface area contributed by atoms with Crippen molar-refractivity contribution in [3.8, 4) is 0 Å². The molecule has 0 radical (unpaired) electrons. The standard InChI is InChI=1S/C15H29NO3/c1-11-10-16(13(17)19-14(2,3)4)8-7-12(11)9-15(5,6)18/h11-12,18H,7-10H2,1-6H3. The van der Waals surface area contributed by atoms with E-state index in [1.54, 1.807) is 4.90 Å². The van der Waals surface area contributed by atoms with E-state index in [4.69, 9.17) is 4.74 Å². The zero-order valence-electron chi connectivity index (χ0n) is 13.2. The predicted octanol–water partition coefficient (Wildman–Crippen LogP) is 3.04. The molecule has 0 aromatic rings. The average Bonchev–Trinajstić information content (AvgIpc) is 2.16. The first-order valence-corrected chi connectivity index (χ1v) is 7.18. The molecule has 1 fully saturated rings. The summed E-state index contributed by atoms with van der Waals surface area (Å²) in [4.78, 5) is 13.8. The summed E-state index contributed by atoms with van der Waals surface area (Å²) in [6, 6.07) is 0. The van der Waals surface area contributed by atoms with Crippen LogP contribution in [-0.2, 0) is 4.74 Å². The number of carbonyl (C=O) groups excluding carboxylic acids is 1. The van der Waals surface area contributed by atoms with Crippen LogP contribution >= 0.6 is 0 Å². The fourth-order valence-electron chi connectivity index (χ4n) is 2.63. The van der Waals surface area contributed by atoms with Gasteiger partial charge in [0.2, 0.25) is 0 Å². The van der Waals surface area contributed by atoms with Gasteiger partial charge in [-0.25, -0.2) is 4.79 Å². The van der Waals surface area contributed by atoms with Crippen LogP contribution in [0.5, 0.6) is 0 Å². The van der Waals surface area contributed by atoms with Crippen molar-refractivity contribution in [2.45, 2.75) is 65.6 Å². The van der Waals surface area contributed by atoms with Crippen molar-refractivity contribution in [1.82, 2.24) is 4.90 Å². The highest BCUT2D eigenvalue weighted by molar-refractivity contribution is 5.68. The summed E-state index contributed by atoms with van der Waals surface area (Å²) in [6.45, 7) is 12.9. The van der Waals surface area contributed by atoms with Crippen LogP contribution in [-0.4, -0.2) is 40.4 Å². The van der Waals surface area contributed by atoms with Gasteiger partial charge in [0.1, 0.15) is 5.60 Å². The molecule has 1 heterocycles. The zero-order chi connectivity index (χ0) is 14.8. The van der Waals surface area contributed by atoms with E-state index in [0.717, 1.165) is 25.9 Å². The van der Waals surface area contributed by atoms with E-state index in [0.29, 0.717) is 11.8 Å². The molecular weight excluding hydrogens is 242 g/mol. The topological polar surface area (TPSA) is 49.8 Å². The van der Waals surface area contributed by atoms with Gasteiger partial charge in [-0.15, -0.1) is 0 Å². The van der Waals surface area contributed by atoms with Crippen molar-refractivity contribution in [3.63, 3.8) is 0 Å². The Bertz CT molecular complexity index is 314. The van der Waals surface area contributed by atoms with E-state index >= 15 is 0 Å². The molecule has 4 nitrogen and oxygen atoms in total. The quantitative estimate of drug-likeness (QED) is 0.840. The second kappa shape index (κ2) is 5.70. The maximum absolute atomic E-state index is 12.0. The largest absolute Gasteiger partial charge is 0.444 e. The molecular formula is C15H29NO3. The van der Waals surface area contributed by atoms with Crippen LogP contribution in [0.3, 0.4) is 0 Å². The van der Waals surface area contributed by atoms with Crippen LogP contribution in [0.4, 0.5) is 4.79 Å². The lowest BCUT2D eigenvalue weighted by atomic mass is 9.80. The second-order valence-corrected chi connectivity index (χ2v) is 7.47. The molecule has 1 rings (SSSR count). The summed E-state index contributed by atoms with van der Waals surface area (Å²) >= 11 is 0. The van der Waals surface area contributed by atoms with E-state index in [1.807, 2.05) is 34.6 Å². The van der Waals surface area contributed by atoms with Gasteiger partial charge in [0.05, 0.1) is 5.60 Å². The van der Waals surface area contributed by atoms with E-state index in [9.17, 15) is 9.90 Å². The van der Waals surface area contributed by atoms with Gasteiger partial charge in [-0.1, -0.05) is 6.92 Å². The third-order valence-corrected chi connectivity index (χ3v) is 3.50. The molecule has 1 amide bonds. The summed E-state index contributed by atoms with van der Waals surface area (Å²) in [5.41, 5.74) is -1.07. The van der Waals surface area contributed by atoms with Gasteiger partial charge in [0, 0.05) is 13.1 Å². The highest BCUT2D eigenvalue weighted by Gasteiger charge is 2.33. The smallest absolute Gasteiger partial charge is 0.410 e. The number of ether oxygens (including phenoxy) is 1. The highest BCUT2D eigenvalue weighted by Crippen LogP contribution is 2.31. The summed E-state index contributed by atoms with van der Waals surface area (Å²) in [5, 5.41) is 9.91. The van der Waals surface area contributed by atoms with Crippen LogP contribution in [0.2, 0.25) is 0 Å². The lowest BCUT2D eigenvalue weighted by Gasteiger charge is -2.39. The predicted molar refractivity (Wildman–Crippen MR) is 76.0 cm³/mol. The summed E-state index contributed by atoms with van der Waals surface area (Å²) < 4.78 is 5.40. The van der Waals surface area contributed by atoms with Gasteiger partial charge in [-0.3, -0.25) is 0 Å². The molecule has 112 valence electrons. The van der Waals surface area contributed by atoms with Crippen LogP contribution in [0, 0.1) is 11.8 Å². The first kappa shape index (κ1) is 16.3. The molecule has 0 aromatic carbocycles. The Kier molecular flexibility index (Phi) is 4.88. The van der Waals surface area contributed by atoms with Gasteiger partial charge < -0.3 is 14.7 Å². The fourth-order valence-corrected chi connectivity index (χ4v) is 2.63. The number of likely N-dealkylation sites (tertiary alicyclic amines) is 1. The Morgan fingerprint density at radius 3 is 2.32 bits per heavy atom. The minimum absolute atomic E-state index is 0.221. The van der Waals surface area contributed by atoms with Crippen LogP contribution in [0.25, 0.3) is 0 Å². The van der Waals surface area contributed by atoms with Crippen molar-refractivity contribution in [3.05, 3.63) is 0 Å². The molecule has 19 heavy (non-hydrogen) atoms. The molecule has 4 heteroatoms. The van der Waals surface area contributed by atoms with Crippen LogP contribution in [0.15, 0.2) is 0 Å². The lowest BCUT2D eigenvalue weighted by molar-refractivity contribution is -0.00253. The van der Waals surface area contributed by atoms with E-state index in [1.165, 1.54) is 0 Å². The maximum atomic E-state index is 12.0. The number of piperidine rings is 1. The SMILES string of the molecule is CC1CN(C(=O)OC(C)(C)C)CCC1CC(C)(C)O. The number of carbonyl (C=O) groups is 1. The number of hydrogen-bond donors (Lipinski definition) is 1. The Balaban J connectivity index is 2.52. The fraction of sp³-hybridized carbons (Fsp3) is 0.933. The van der Waals surface area contributed by atoms with Gasteiger partial charge in [0.15, 0.2) is 0 Å². The van der Waals surface area contributed by atoms with Crippen molar-refractivity contribution in [2.24, 2.45) is 11.8 Å². The van der Waals surface area contributed by atoms with E-state index in [2.05, 4.69) is 6.92 Å². The molecule has 0 bridgehead atoms. The molecule has 1 aliphatic rings. The molecule has 0 aliphatic carbocycles. The first-order valence-electron chi connectivity index (χ1n) is 7.18. The summed E-state index contributed by atoms with van der Waals surface area (Å²) in [6.07, 6.45) is 1.50. The van der Waals surface area contributed by atoms with Crippen molar-refractivity contribution >= 4 is 6.09 Å². The summed E-state index contributed by atoms with van der Waals surface area (Å²) in [5.74, 6) is 0.867. The van der Waals surface area contributed by atoms with Crippen molar-refractivity contribution in [1.29, 1.82) is 0 Å². The summed E-state index contributed by atoms with van der Waals surface area (Å²) in [7, 11) is 0. The molecule has 0 aromatic heterocycles. The minimum Gasteiger partial charge on any atom is -0.444 e. The van der Waals surface area contributed by atoms with Gasteiger partial charge >= 0.3 is 6.09 Å². The van der Waals surface area contributed by atoms with Crippen molar-refractivity contribution < 1.29 is 14.6 Å². The molecule has 1 N–H and O–H groups in total. The van der Waals surface area contributed by atoms with Gasteiger partial charge in [-0.05, 0) is 59.3 Å². The lowest BCUT2D eigenvalue weighted by Crippen LogP contribution is -2.46. The molecule has 0 spiro atoms. The zero-order valence-corrected chi connectivity index (χ0v) is 13.2. The van der Waals surface area contributed by atoms with Crippen LogP contribution < -0.4 is 0 Å². The highest BCUT2D eigenvalue weighted by atomic mass is 16.6. The molecule has 1 saturated heterocycles. The maximum Gasteiger partial charge on any atom is 0.410 e. The van der Waals surface area contributed by atoms with Crippen molar-refractivity contribution in [2.75, 3.05) is 13.1 Å². The first-order chi connectivity index (χ1) is 8.48. The third-order valence-electron chi connectivity index (χ3n) is 3.50. The Labute approximate surface area is 117 Å². The number of aliphatic hydroxyl groups is 1. The number of hydrogen-bond acceptors (Lipinski definition) is 3. The average molecular weight is 271 g/mol. The van der Waals surface area contributed by atoms with E-state index < -0.39 is 11.2 Å². The number of nitrogens with zero attached hydrogens (tertiary/aromatic N) is 1. The second-order valence-electron chi connectivity index (χ2n) is 7.47. The minimum atomic E-state index is -0.632. The molecule has 2 atom stereocenters. The third kappa shape index (κ3) is 5.81. The monoisotopic (exact) mass is 271 g/mol. The number of amides is 1. The van der Waals surface area contributed by atoms with Gasteiger partial charge in [-0.2, -0.15) is 0 Å². The molecule has 1 aliphatic heterocycles. The molecule has 2 unspecified atom stereocenters. The Morgan fingerprint density at radius 1 is 1.32 bits per heavy atom. The van der Waals surface area contributed by atoms with Crippen LogP contribution in [0.1, 0.15) is 54.4 Å². The molecule has 0 saturated carbocycles. The number of rotatable bonds is 2. The Morgan fingerprint density at radius 2 is 1.89 bits per heavy atom. The van der Waals surface area contributed by atoms with Gasteiger partial charge in [0.25, 0.3) is 0 Å². The normalized spacial score (nSPS) is 25.3. The Hall–Kier alpha value is -0.770. The van der Waals surface area contributed by atoms with E-state index in [-0.39, 0.29) is 6.09 Å².